The van der Waals surface area contributed by atoms with Crippen molar-refractivity contribution in [3.8, 4) is 10.6 Å². The quantitative estimate of drug-likeness (QED) is 0.712. The molecular formula is C18H13F3N2O2S. The molecule has 0 radical (unpaired) electrons. The number of benzene rings is 2. The molecule has 1 heterocycles. The smallest absolute Gasteiger partial charge is 0.263 e. The fourth-order valence-electron chi connectivity index (χ4n) is 2.25. The van der Waals surface area contributed by atoms with E-state index in [0.29, 0.717) is 10.6 Å². The third-order valence-electron chi connectivity index (χ3n) is 3.62. The summed E-state index contributed by atoms with van der Waals surface area (Å²) in [5.41, 5.74) is 0.430. The van der Waals surface area contributed by atoms with Gasteiger partial charge in [-0.1, -0.05) is 18.2 Å². The molecule has 0 bridgehead atoms. The van der Waals surface area contributed by atoms with Gasteiger partial charge in [-0.25, -0.2) is 18.2 Å². The molecule has 2 aromatic carbocycles. The van der Waals surface area contributed by atoms with E-state index in [2.05, 4.69) is 10.3 Å². The van der Waals surface area contributed by atoms with Gasteiger partial charge in [-0.2, -0.15) is 0 Å². The van der Waals surface area contributed by atoms with E-state index in [1.807, 2.05) is 0 Å². The van der Waals surface area contributed by atoms with Crippen LogP contribution in [-0.4, -0.2) is 22.5 Å². The molecule has 1 amide bonds. The number of rotatable bonds is 5. The van der Waals surface area contributed by atoms with E-state index >= 15 is 0 Å². The molecule has 3 aromatic rings. The highest BCUT2D eigenvalue weighted by Crippen LogP contribution is 2.27. The molecule has 4 nitrogen and oxygen atoms in total. The number of nitrogens with zero attached hydrogens (tertiary/aromatic N) is 1. The van der Waals surface area contributed by atoms with Crippen LogP contribution in [0, 0.1) is 17.5 Å². The number of aliphatic hydroxyl groups is 1. The van der Waals surface area contributed by atoms with E-state index in [4.69, 9.17) is 0 Å². The van der Waals surface area contributed by atoms with Crippen molar-refractivity contribution < 1.29 is 23.1 Å². The van der Waals surface area contributed by atoms with Gasteiger partial charge >= 0.3 is 0 Å². The summed E-state index contributed by atoms with van der Waals surface area (Å²) in [6.45, 7) is -0.198. The number of aromatic nitrogens is 1. The molecule has 8 heteroatoms. The lowest BCUT2D eigenvalue weighted by Crippen LogP contribution is -2.27. The van der Waals surface area contributed by atoms with Gasteiger partial charge in [0.2, 0.25) is 0 Å². The minimum Gasteiger partial charge on any atom is -0.387 e. The number of amides is 1. The Kier molecular flexibility index (Phi) is 5.34. The van der Waals surface area contributed by atoms with Crippen LogP contribution in [-0.2, 0) is 0 Å². The first-order valence-corrected chi connectivity index (χ1v) is 8.39. The number of hydrogen-bond acceptors (Lipinski definition) is 4. The summed E-state index contributed by atoms with van der Waals surface area (Å²) >= 11 is 1.01. The van der Waals surface area contributed by atoms with Crippen molar-refractivity contribution in [1.29, 1.82) is 0 Å². The van der Waals surface area contributed by atoms with Crippen LogP contribution in [0.5, 0.6) is 0 Å². The highest BCUT2D eigenvalue weighted by molar-refractivity contribution is 7.16. The minimum atomic E-state index is -1.20. The lowest BCUT2D eigenvalue weighted by molar-refractivity contribution is 0.0920. The molecule has 0 aliphatic carbocycles. The van der Waals surface area contributed by atoms with E-state index in [-0.39, 0.29) is 17.0 Å². The number of thiazole rings is 1. The Bertz CT molecular complexity index is 946. The lowest BCUT2D eigenvalue weighted by Gasteiger charge is -2.12. The second-order valence-corrected chi connectivity index (χ2v) is 6.44. The maximum absolute atomic E-state index is 13.8. The second kappa shape index (κ2) is 7.67. The monoisotopic (exact) mass is 378 g/mol. The maximum atomic E-state index is 13.8. The number of halogens is 3. The number of aliphatic hydroxyl groups excluding tert-OH is 1. The molecule has 1 aromatic heterocycles. The highest BCUT2D eigenvalue weighted by atomic mass is 32.1. The van der Waals surface area contributed by atoms with Crippen LogP contribution in [0.25, 0.3) is 10.6 Å². The van der Waals surface area contributed by atoms with E-state index in [1.165, 1.54) is 18.3 Å². The Morgan fingerprint density at radius 1 is 1.12 bits per heavy atom. The Morgan fingerprint density at radius 3 is 2.62 bits per heavy atom. The van der Waals surface area contributed by atoms with Gasteiger partial charge in [-0.3, -0.25) is 4.79 Å². The van der Waals surface area contributed by atoms with Crippen LogP contribution in [0.4, 0.5) is 13.2 Å². The SMILES string of the molecule is O=C(NC[C@@H](O)c1ccc(F)c(F)c1)c1cnc(-c2ccccc2F)s1. The second-order valence-electron chi connectivity index (χ2n) is 5.41. The Hall–Kier alpha value is -2.71. The van der Waals surface area contributed by atoms with E-state index < -0.39 is 29.5 Å². The van der Waals surface area contributed by atoms with Crippen LogP contribution in [0.2, 0.25) is 0 Å². The summed E-state index contributed by atoms with van der Waals surface area (Å²) in [5, 5.41) is 12.8. The van der Waals surface area contributed by atoms with Gasteiger partial charge in [-0.15, -0.1) is 11.3 Å². The zero-order valence-corrected chi connectivity index (χ0v) is 14.1. The van der Waals surface area contributed by atoms with Crippen molar-refractivity contribution in [1.82, 2.24) is 10.3 Å². The van der Waals surface area contributed by atoms with Crippen molar-refractivity contribution in [3.63, 3.8) is 0 Å². The molecule has 0 unspecified atom stereocenters. The fraction of sp³-hybridized carbons (Fsp3) is 0.111. The molecule has 0 spiro atoms. The largest absolute Gasteiger partial charge is 0.387 e. The standard InChI is InChI=1S/C18H13F3N2O2S/c19-12-4-2-1-3-11(12)18-23-9-16(26-18)17(25)22-8-15(24)10-5-6-13(20)14(21)7-10/h1-7,9,15,24H,8H2,(H,22,25)/t15-/m1/s1. The predicted octanol–water partition coefficient (Wildman–Crippen LogP) is 3.69. The number of carbonyl (C=O) groups is 1. The molecule has 0 saturated carbocycles. The summed E-state index contributed by atoms with van der Waals surface area (Å²) in [4.78, 5) is 16.4. The van der Waals surface area contributed by atoms with Crippen LogP contribution in [0.1, 0.15) is 21.3 Å². The molecule has 1 atom stereocenters. The summed E-state index contributed by atoms with van der Waals surface area (Å²) < 4.78 is 39.9. The predicted molar refractivity (Wildman–Crippen MR) is 91.2 cm³/mol. The third kappa shape index (κ3) is 3.92. The topological polar surface area (TPSA) is 62.2 Å². The molecule has 0 fully saturated rings. The first-order valence-electron chi connectivity index (χ1n) is 7.57. The van der Waals surface area contributed by atoms with Gasteiger partial charge in [0.1, 0.15) is 15.7 Å². The molecule has 3 rings (SSSR count). The Morgan fingerprint density at radius 2 is 1.88 bits per heavy atom. The number of carbonyl (C=O) groups excluding carboxylic acids is 1. The van der Waals surface area contributed by atoms with Crippen molar-refractivity contribution >= 4 is 17.2 Å². The molecule has 0 aliphatic rings. The van der Waals surface area contributed by atoms with Gasteiger partial charge in [0.05, 0.1) is 12.3 Å². The molecule has 26 heavy (non-hydrogen) atoms. The fourth-order valence-corrected chi connectivity index (χ4v) is 3.11. The Labute approximate surface area is 151 Å². The van der Waals surface area contributed by atoms with E-state index in [0.717, 1.165) is 23.5 Å². The highest BCUT2D eigenvalue weighted by Gasteiger charge is 2.16. The van der Waals surface area contributed by atoms with Gasteiger partial charge in [0, 0.05) is 12.1 Å². The van der Waals surface area contributed by atoms with Gasteiger partial charge in [-0.05, 0) is 29.8 Å². The average molecular weight is 378 g/mol. The summed E-state index contributed by atoms with van der Waals surface area (Å²) in [5.74, 6) is -3.05. The molecule has 2 N–H and O–H groups in total. The van der Waals surface area contributed by atoms with Crippen molar-refractivity contribution in [2.45, 2.75) is 6.10 Å². The Balaban J connectivity index is 1.65. The third-order valence-corrected chi connectivity index (χ3v) is 4.65. The molecular weight excluding hydrogens is 365 g/mol. The maximum Gasteiger partial charge on any atom is 0.263 e. The summed E-state index contributed by atoms with van der Waals surface area (Å²) in [6, 6.07) is 9.09. The van der Waals surface area contributed by atoms with Crippen LogP contribution in [0.15, 0.2) is 48.7 Å². The van der Waals surface area contributed by atoms with Crippen LogP contribution < -0.4 is 5.32 Å². The normalized spacial score (nSPS) is 12.0. The number of nitrogens with one attached hydrogen (secondary N) is 1. The van der Waals surface area contributed by atoms with Crippen molar-refractivity contribution in [3.05, 3.63) is 76.6 Å². The first kappa shape index (κ1) is 18.1. The van der Waals surface area contributed by atoms with Crippen molar-refractivity contribution in [2.24, 2.45) is 0 Å². The molecule has 0 saturated heterocycles. The van der Waals surface area contributed by atoms with Crippen LogP contribution >= 0.6 is 11.3 Å². The van der Waals surface area contributed by atoms with E-state index in [9.17, 15) is 23.1 Å². The van der Waals surface area contributed by atoms with Gasteiger partial charge in [0.15, 0.2) is 11.6 Å². The van der Waals surface area contributed by atoms with Gasteiger partial charge < -0.3 is 10.4 Å². The zero-order chi connectivity index (χ0) is 18.7. The zero-order valence-electron chi connectivity index (χ0n) is 13.2. The first-order chi connectivity index (χ1) is 12.5. The van der Waals surface area contributed by atoms with E-state index in [1.54, 1.807) is 18.2 Å². The number of hydrogen-bond donors (Lipinski definition) is 2. The summed E-state index contributed by atoms with van der Waals surface area (Å²) in [7, 11) is 0. The lowest BCUT2D eigenvalue weighted by atomic mass is 10.1. The average Bonchev–Trinajstić information content (AvgIpc) is 3.12. The minimum absolute atomic E-state index is 0.139. The van der Waals surface area contributed by atoms with Gasteiger partial charge in [0.25, 0.3) is 5.91 Å². The van der Waals surface area contributed by atoms with Crippen LogP contribution in [0.3, 0.4) is 0 Å². The van der Waals surface area contributed by atoms with Crippen molar-refractivity contribution in [2.75, 3.05) is 6.54 Å². The summed E-state index contributed by atoms with van der Waals surface area (Å²) in [6.07, 6.45) is 0.110. The molecule has 0 aliphatic heterocycles. The molecule has 134 valence electrons.